The molecule has 128 valence electrons. The molecule has 3 rings (SSSR count). The second kappa shape index (κ2) is 8.17. The Kier molecular flexibility index (Phi) is 5.72. The van der Waals surface area contributed by atoms with Gasteiger partial charge >= 0.3 is 0 Å². The van der Waals surface area contributed by atoms with E-state index in [-0.39, 0.29) is 6.04 Å². The lowest BCUT2D eigenvalue weighted by Gasteiger charge is -2.23. The van der Waals surface area contributed by atoms with Crippen molar-refractivity contribution >= 4 is 23.0 Å². The van der Waals surface area contributed by atoms with Gasteiger partial charge in [-0.2, -0.15) is 0 Å². The summed E-state index contributed by atoms with van der Waals surface area (Å²) in [7, 11) is 1.66. The molecule has 3 N–H and O–H groups in total. The summed E-state index contributed by atoms with van der Waals surface area (Å²) in [4.78, 5) is 1.56. The highest BCUT2D eigenvalue weighted by Gasteiger charge is 2.29. The van der Waals surface area contributed by atoms with Gasteiger partial charge in [0.15, 0.2) is 16.9 Å². The number of hydrogen-bond acceptors (Lipinski definition) is 3. The molecule has 1 aliphatic rings. The number of anilines is 1. The van der Waals surface area contributed by atoms with E-state index < -0.39 is 0 Å². The first-order valence-electron chi connectivity index (χ1n) is 8.33. The molecule has 0 unspecified atom stereocenters. The molecule has 24 heavy (non-hydrogen) atoms. The van der Waals surface area contributed by atoms with Crippen molar-refractivity contribution in [2.45, 2.75) is 18.9 Å². The zero-order valence-corrected chi connectivity index (χ0v) is 14.7. The molecule has 1 aromatic carbocycles. The van der Waals surface area contributed by atoms with Crippen molar-refractivity contribution in [3.8, 4) is 5.75 Å². The Morgan fingerprint density at radius 2 is 2.12 bits per heavy atom. The van der Waals surface area contributed by atoms with Gasteiger partial charge in [-0.05, 0) is 36.5 Å². The van der Waals surface area contributed by atoms with E-state index in [4.69, 9.17) is 21.4 Å². The maximum atomic E-state index is 5.65. The number of quaternary nitrogens is 1. The van der Waals surface area contributed by atoms with Crippen molar-refractivity contribution in [1.82, 2.24) is 5.32 Å². The summed E-state index contributed by atoms with van der Waals surface area (Å²) >= 11 is 5.44. The van der Waals surface area contributed by atoms with E-state index in [2.05, 4.69) is 16.7 Å². The summed E-state index contributed by atoms with van der Waals surface area (Å²) in [5.41, 5.74) is 0.912. The molecule has 1 saturated heterocycles. The first-order chi connectivity index (χ1) is 11.8. The predicted octanol–water partition coefficient (Wildman–Crippen LogP) is 1.99. The van der Waals surface area contributed by atoms with Crippen LogP contribution in [0.4, 0.5) is 5.69 Å². The summed E-state index contributed by atoms with van der Waals surface area (Å²) in [5, 5.41) is 7.15. The normalized spacial score (nSPS) is 15.9. The van der Waals surface area contributed by atoms with Crippen molar-refractivity contribution < 1.29 is 14.1 Å². The molecular formula is C18H24N3O2S+. The van der Waals surface area contributed by atoms with E-state index in [1.54, 1.807) is 18.3 Å². The number of ether oxygens (including phenoxy) is 1. The molecule has 0 radical (unpaired) electrons. The highest BCUT2D eigenvalue weighted by Crippen LogP contribution is 2.16. The Balaban J connectivity index is 1.58. The summed E-state index contributed by atoms with van der Waals surface area (Å²) in [6.45, 7) is 3.12. The van der Waals surface area contributed by atoms with Gasteiger partial charge in [0.2, 0.25) is 0 Å². The van der Waals surface area contributed by atoms with Crippen LogP contribution in [0.3, 0.4) is 0 Å². The number of furan rings is 1. The zero-order valence-electron chi connectivity index (χ0n) is 13.9. The molecule has 0 amide bonds. The van der Waals surface area contributed by atoms with Crippen LogP contribution in [-0.2, 0) is 0 Å². The highest BCUT2D eigenvalue weighted by molar-refractivity contribution is 7.80. The Labute approximate surface area is 148 Å². The summed E-state index contributed by atoms with van der Waals surface area (Å²) in [5.74, 6) is 1.82. The third-order valence-corrected chi connectivity index (χ3v) is 4.67. The standard InChI is InChI=1S/C18H23N3O2S/c1-22-15-7-4-6-14(12-15)20-18(24)19-13-16(17-8-5-11-23-17)21-9-2-3-10-21/h4-8,11-12,16H,2-3,9-10,13H2,1H3,(H2,19,20,24)/p+1/t16-/m0/s1. The van der Waals surface area contributed by atoms with Crippen LogP contribution in [0.2, 0.25) is 0 Å². The minimum absolute atomic E-state index is 0.285. The van der Waals surface area contributed by atoms with Crippen molar-refractivity contribution in [2.24, 2.45) is 0 Å². The van der Waals surface area contributed by atoms with Crippen LogP contribution in [0.1, 0.15) is 24.6 Å². The summed E-state index contributed by atoms with van der Waals surface area (Å²) in [6.07, 6.45) is 4.29. The average Bonchev–Trinajstić information content (AvgIpc) is 3.29. The van der Waals surface area contributed by atoms with E-state index in [1.165, 1.54) is 25.9 Å². The zero-order chi connectivity index (χ0) is 16.8. The minimum atomic E-state index is 0.285. The van der Waals surface area contributed by atoms with E-state index in [0.717, 1.165) is 23.7 Å². The molecule has 5 nitrogen and oxygen atoms in total. The molecule has 2 aromatic rings. The smallest absolute Gasteiger partial charge is 0.171 e. The summed E-state index contributed by atoms with van der Waals surface area (Å²) in [6, 6.07) is 12.0. The highest BCUT2D eigenvalue weighted by atomic mass is 32.1. The lowest BCUT2D eigenvalue weighted by molar-refractivity contribution is -0.919. The van der Waals surface area contributed by atoms with Crippen LogP contribution in [-0.4, -0.2) is 31.9 Å². The molecule has 1 aliphatic heterocycles. The average molecular weight is 346 g/mol. The number of rotatable bonds is 6. The van der Waals surface area contributed by atoms with Crippen LogP contribution in [0.15, 0.2) is 47.1 Å². The third-order valence-electron chi connectivity index (χ3n) is 4.42. The van der Waals surface area contributed by atoms with E-state index in [1.807, 2.05) is 30.3 Å². The van der Waals surface area contributed by atoms with Gasteiger partial charge in [0, 0.05) is 24.6 Å². The predicted molar refractivity (Wildman–Crippen MR) is 98.6 cm³/mol. The molecule has 0 spiro atoms. The van der Waals surface area contributed by atoms with Crippen LogP contribution in [0, 0.1) is 0 Å². The Morgan fingerprint density at radius 1 is 1.29 bits per heavy atom. The number of hydrogen-bond donors (Lipinski definition) is 3. The maximum absolute atomic E-state index is 5.65. The quantitative estimate of drug-likeness (QED) is 0.699. The molecule has 6 heteroatoms. The number of nitrogens with one attached hydrogen (secondary N) is 3. The van der Waals surface area contributed by atoms with Crippen molar-refractivity contribution in [1.29, 1.82) is 0 Å². The number of benzene rings is 1. The monoisotopic (exact) mass is 346 g/mol. The first-order valence-corrected chi connectivity index (χ1v) is 8.74. The van der Waals surface area contributed by atoms with Crippen LogP contribution in [0.5, 0.6) is 5.75 Å². The van der Waals surface area contributed by atoms with Crippen LogP contribution >= 0.6 is 12.2 Å². The van der Waals surface area contributed by atoms with Gasteiger partial charge in [0.05, 0.1) is 33.0 Å². The van der Waals surface area contributed by atoms with Crippen LogP contribution < -0.4 is 20.3 Å². The SMILES string of the molecule is COc1cccc(NC(=S)NC[C@@H](c2ccco2)[NH+]2CCCC2)c1. The molecule has 0 bridgehead atoms. The Bertz CT molecular complexity index is 654. The lowest BCUT2D eigenvalue weighted by atomic mass is 10.2. The lowest BCUT2D eigenvalue weighted by Crippen LogP contribution is -3.11. The minimum Gasteiger partial charge on any atom is -0.497 e. The van der Waals surface area contributed by atoms with Crippen molar-refractivity contribution in [3.05, 3.63) is 48.4 Å². The molecule has 0 saturated carbocycles. The van der Waals surface area contributed by atoms with Crippen molar-refractivity contribution in [2.75, 3.05) is 32.1 Å². The second-order valence-corrected chi connectivity index (χ2v) is 6.41. The van der Waals surface area contributed by atoms with Gasteiger partial charge < -0.3 is 24.7 Å². The van der Waals surface area contributed by atoms with Gasteiger partial charge in [0.1, 0.15) is 5.75 Å². The molecule has 0 aliphatic carbocycles. The van der Waals surface area contributed by atoms with Gasteiger partial charge in [-0.1, -0.05) is 6.07 Å². The fourth-order valence-corrected chi connectivity index (χ4v) is 3.39. The molecule has 1 fully saturated rings. The van der Waals surface area contributed by atoms with Crippen molar-refractivity contribution in [3.63, 3.8) is 0 Å². The van der Waals surface area contributed by atoms with Gasteiger partial charge in [-0.15, -0.1) is 0 Å². The molecular weight excluding hydrogens is 322 g/mol. The second-order valence-electron chi connectivity index (χ2n) is 6.00. The molecule has 1 aromatic heterocycles. The molecule has 1 atom stereocenters. The van der Waals surface area contributed by atoms with E-state index in [0.29, 0.717) is 5.11 Å². The largest absolute Gasteiger partial charge is 0.497 e. The molecule has 2 heterocycles. The Morgan fingerprint density at radius 3 is 2.83 bits per heavy atom. The van der Waals surface area contributed by atoms with Crippen LogP contribution in [0.25, 0.3) is 0 Å². The van der Waals surface area contributed by atoms with Gasteiger partial charge in [-0.3, -0.25) is 0 Å². The number of methoxy groups -OCH3 is 1. The maximum Gasteiger partial charge on any atom is 0.171 e. The van der Waals surface area contributed by atoms with E-state index >= 15 is 0 Å². The number of likely N-dealkylation sites (tertiary alicyclic amines) is 1. The third kappa shape index (κ3) is 4.27. The topological polar surface area (TPSA) is 50.9 Å². The Hall–Kier alpha value is -2.05. The fourth-order valence-electron chi connectivity index (χ4n) is 3.18. The summed E-state index contributed by atoms with van der Waals surface area (Å²) < 4.78 is 10.9. The fraction of sp³-hybridized carbons (Fsp3) is 0.389. The van der Waals surface area contributed by atoms with Gasteiger partial charge in [-0.25, -0.2) is 0 Å². The number of thiocarbonyl (C=S) groups is 1. The first kappa shape index (κ1) is 16.8. The van der Waals surface area contributed by atoms with Gasteiger partial charge in [0.25, 0.3) is 0 Å². The van der Waals surface area contributed by atoms with E-state index in [9.17, 15) is 0 Å².